The van der Waals surface area contributed by atoms with Gasteiger partial charge in [0.25, 0.3) is 0 Å². The van der Waals surface area contributed by atoms with Crippen molar-refractivity contribution in [2.45, 2.75) is 18.9 Å². The van der Waals surface area contributed by atoms with Crippen molar-refractivity contribution >= 4 is 11.9 Å². The largest absolute Gasteiger partial charge is 0.480 e. The Balaban J connectivity index is 2.43. The molecule has 0 radical (unpaired) electrons. The lowest BCUT2D eigenvalue weighted by Gasteiger charge is -2.33. The lowest BCUT2D eigenvalue weighted by Crippen LogP contribution is -2.47. The number of carboxylic acid groups (broad SMARTS) is 1. The van der Waals surface area contributed by atoms with E-state index in [1.54, 1.807) is 4.90 Å². The molecule has 0 aromatic rings. The van der Waals surface area contributed by atoms with E-state index in [1.807, 2.05) is 0 Å². The predicted molar refractivity (Wildman–Crippen MR) is 51.8 cm³/mol. The van der Waals surface area contributed by atoms with Crippen molar-refractivity contribution < 1.29 is 9.90 Å². The Morgan fingerprint density at radius 1 is 1.50 bits per heavy atom. The molecule has 0 aliphatic carbocycles. The summed E-state index contributed by atoms with van der Waals surface area (Å²) in [5, 5.41) is 15.9. The van der Waals surface area contributed by atoms with E-state index in [0.29, 0.717) is 25.9 Å². The summed E-state index contributed by atoms with van der Waals surface area (Å²) in [4.78, 5) is 12.3. The quantitative estimate of drug-likeness (QED) is 0.337. The number of nitrogens with two attached hydrogens (primary N) is 2. The fourth-order valence-electron chi connectivity index (χ4n) is 1.70. The van der Waals surface area contributed by atoms with Crippen LogP contribution in [0.4, 0.5) is 0 Å². The molecule has 0 bridgehead atoms. The van der Waals surface area contributed by atoms with Crippen LogP contribution >= 0.6 is 0 Å². The average Bonchev–Trinajstić information content (AvgIpc) is 2.16. The molecule has 1 atom stereocenters. The number of hydrogen-bond donors (Lipinski definition) is 4. The molecule has 1 fully saturated rings. The van der Waals surface area contributed by atoms with Crippen molar-refractivity contribution in [2.24, 2.45) is 17.4 Å². The Morgan fingerprint density at radius 2 is 2.00 bits per heavy atom. The zero-order chi connectivity index (χ0) is 10.7. The molecular weight excluding hydrogens is 184 g/mol. The molecule has 0 aromatic carbocycles. The average molecular weight is 200 g/mol. The fourth-order valence-corrected chi connectivity index (χ4v) is 1.70. The van der Waals surface area contributed by atoms with E-state index in [-0.39, 0.29) is 11.9 Å². The molecule has 1 heterocycles. The first-order valence-corrected chi connectivity index (χ1v) is 4.59. The maximum Gasteiger partial charge on any atom is 0.320 e. The van der Waals surface area contributed by atoms with Gasteiger partial charge in [0.1, 0.15) is 6.04 Å². The minimum Gasteiger partial charge on any atom is -0.480 e. The summed E-state index contributed by atoms with van der Waals surface area (Å²) >= 11 is 0. The van der Waals surface area contributed by atoms with Crippen molar-refractivity contribution in [1.29, 1.82) is 5.41 Å². The van der Waals surface area contributed by atoms with Gasteiger partial charge in [-0.15, -0.1) is 0 Å². The van der Waals surface area contributed by atoms with Gasteiger partial charge >= 0.3 is 5.97 Å². The van der Waals surface area contributed by atoms with Crippen LogP contribution in [-0.4, -0.2) is 41.1 Å². The van der Waals surface area contributed by atoms with Crippen LogP contribution in [0.5, 0.6) is 0 Å². The number of hydrogen-bond acceptors (Lipinski definition) is 3. The topological polar surface area (TPSA) is 116 Å². The molecule has 6 N–H and O–H groups in total. The summed E-state index contributed by atoms with van der Waals surface area (Å²) < 4.78 is 0. The number of aliphatic carboxylic acids is 1. The van der Waals surface area contributed by atoms with E-state index in [9.17, 15) is 4.79 Å². The molecule has 80 valence electrons. The second-order valence-corrected chi connectivity index (χ2v) is 3.57. The molecule has 1 aliphatic heterocycles. The number of nitrogens with zero attached hydrogens (tertiary/aromatic N) is 1. The molecule has 6 heteroatoms. The van der Waals surface area contributed by atoms with Crippen LogP contribution in [0.3, 0.4) is 0 Å². The lowest BCUT2D eigenvalue weighted by molar-refractivity contribution is -0.140. The predicted octanol–water partition coefficient (Wildman–Crippen LogP) is -0.996. The van der Waals surface area contributed by atoms with E-state index >= 15 is 0 Å². The van der Waals surface area contributed by atoms with Gasteiger partial charge in [-0.05, 0) is 18.8 Å². The highest BCUT2D eigenvalue weighted by atomic mass is 16.4. The molecule has 14 heavy (non-hydrogen) atoms. The Labute approximate surface area is 82.4 Å². The highest BCUT2D eigenvalue weighted by Crippen LogP contribution is 2.19. The van der Waals surface area contributed by atoms with Crippen LogP contribution < -0.4 is 11.5 Å². The third kappa shape index (κ3) is 2.35. The Morgan fingerprint density at radius 3 is 2.36 bits per heavy atom. The third-order valence-electron chi connectivity index (χ3n) is 2.67. The second kappa shape index (κ2) is 4.28. The van der Waals surface area contributed by atoms with E-state index < -0.39 is 12.0 Å². The molecule has 0 spiro atoms. The first-order chi connectivity index (χ1) is 6.52. The first-order valence-electron chi connectivity index (χ1n) is 4.59. The molecule has 0 saturated carbocycles. The number of guanidine groups is 1. The van der Waals surface area contributed by atoms with Gasteiger partial charge in [-0.2, -0.15) is 0 Å². The normalized spacial score (nSPS) is 20.5. The summed E-state index contributed by atoms with van der Waals surface area (Å²) in [6, 6.07) is -0.788. The number of likely N-dealkylation sites (tertiary alicyclic amines) is 1. The summed E-state index contributed by atoms with van der Waals surface area (Å²) in [6.07, 6.45) is 1.38. The summed E-state index contributed by atoms with van der Waals surface area (Å²) in [6.45, 7) is 1.25. The number of carboxylic acids is 1. The van der Waals surface area contributed by atoms with Crippen molar-refractivity contribution in [3.63, 3.8) is 0 Å². The lowest BCUT2D eigenvalue weighted by atomic mass is 9.90. The zero-order valence-electron chi connectivity index (χ0n) is 7.94. The van der Waals surface area contributed by atoms with Gasteiger partial charge in [-0.25, -0.2) is 0 Å². The van der Waals surface area contributed by atoms with Crippen molar-refractivity contribution in [2.75, 3.05) is 13.1 Å². The van der Waals surface area contributed by atoms with E-state index in [4.69, 9.17) is 22.0 Å². The molecular formula is C8H16N4O2. The molecule has 0 amide bonds. The molecule has 6 nitrogen and oxygen atoms in total. The zero-order valence-corrected chi connectivity index (χ0v) is 7.94. The monoisotopic (exact) mass is 200 g/mol. The van der Waals surface area contributed by atoms with Crippen LogP contribution in [0.25, 0.3) is 0 Å². The Bertz CT molecular complexity index is 235. The van der Waals surface area contributed by atoms with Crippen molar-refractivity contribution in [3.05, 3.63) is 0 Å². The van der Waals surface area contributed by atoms with Gasteiger partial charge in [-0.1, -0.05) is 0 Å². The number of rotatable bonds is 2. The Kier molecular flexibility index (Phi) is 3.29. The van der Waals surface area contributed by atoms with E-state index in [0.717, 1.165) is 0 Å². The maximum absolute atomic E-state index is 10.6. The molecule has 1 rings (SSSR count). The minimum atomic E-state index is -0.953. The molecule has 1 saturated heterocycles. The number of piperidine rings is 1. The highest BCUT2D eigenvalue weighted by Gasteiger charge is 2.28. The number of nitrogens with one attached hydrogen (secondary N) is 1. The third-order valence-corrected chi connectivity index (χ3v) is 2.67. The summed E-state index contributed by atoms with van der Waals surface area (Å²) in [5.41, 5.74) is 10.8. The van der Waals surface area contributed by atoms with Crippen LogP contribution in [0, 0.1) is 11.3 Å². The molecule has 0 unspecified atom stereocenters. The van der Waals surface area contributed by atoms with E-state index in [2.05, 4.69) is 0 Å². The smallest absolute Gasteiger partial charge is 0.320 e. The van der Waals surface area contributed by atoms with Crippen LogP contribution in [0.15, 0.2) is 0 Å². The Hall–Kier alpha value is -1.30. The molecule has 0 aromatic heterocycles. The highest BCUT2D eigenvalue weighted by molar-refractivity contribution is 5.75. The minimum absolute atomic E-state index is 0.00287. The van der Waals surface area contributed by atoms with E-state index in [1.165, 1.54) is 0 Å². The van der Waals surface area contributed by atoms with Crippen molar-refractivity contribution in [3.8, 4) is 0 Å². The van der Waals surface area contributed by atoms with Crippen molar-refractivity contribution in [1.82, 2.24) is 4.90 Å². The summed E-state index contributed by atoms with van der Waals surface area (Å²) in [7, 11) is 0. The van der Waals surface area contributed by atoms with Gasteiger partial charge in [0, 0.05) is 13.1 Å². The van der Waals surface area contributed by atoms with Crippen LogP contribution in [0.2, 0.25) is 0 Å². The van der Waals surface area contributed by atoms with Crippen LogP contribution in [-0.2, 0) is 4.79 Å². The first kappa shape index (κ1) is 10.8. The maximum atomic E-state index is 10.6. The van der Waals surface area contributed by atoms with Gasteiger partial charge < -0.3 is 21.5 Å². The molecule has 1 aliphatic rings. The fraction of sp³-hybridized carbons (Fsp3) is 0.750. The van der Waals surface area contributed by atoms with Gasteiger partial charge in [0.2, 0.25) is 0 Å². The standard InChI is InChI=1S/C8H16N4O2/c9-6(7(13)14)5-1-3-12(4-2-5)8(10)11/h5-6H,1-4,9H2,(H3,10,11)(H,13,14)/t6-/m1/s1. The van der Waals surface area contributed by atoms with Gasteiger partial charge in [0.15, 0.2) is 5.96 Å². The SMILES string of the molecule is N=C(N)N1CCC([C@@H](N)C(=O)O)CC1. The number of carbonyl (C=O) groups is 1. The summed E-state index contributed by atoms with van der Waals surface area (Å²) in [5.74, 6) is -0.901. The van der Waals surface area contributed by atoms with Gasteiger partial charge in [-0.3, -0.25) is 10.2 Å². The van der Waals surface area contributed by atoms with Crippen LogP contribution in [0.1, 0.15) is 12.8 Å². The van der Waals surface area contributed by atoms with Gasteiger partial charge in [0.05, 0.1) is 0 Å². The second-order valence-electron chi connectivity index (χ2n) is 3.57.